The van der Waals surface area contributed by atoms with Crippen molar-refractivity contribution in [1.82, 2.24) is 0 Å². The Morgan fingerprint density at radius 1 is 0.529 bits per heavy atom. The Morgan fingerprint density at radius 2 is 0.824 bits per heavy atom. The lowest BCUT2D eigenvalue weighted by molar-refractivity contribution is 0.536. The molecule has 17 heavy (non-hydrogen) atoms. The van der Waals surface area contributed by atoms with Crippen LogP contribution in [-0.4, -0.2) is 6.54 Å². The van der Waals surface area contributed by atoms with Crippen LogP contribution in [0.2, 0.25) is 0 Å². The molecule has 0 unspecified atom stereocenters. The Hall–Kier alpha value is -0.0400. The van der Waals surface area contributed by atoms with Crippen molar-refractivity contribution in [2.75, 3.05) is 6.54 Å². The molecule has 0 spiro atoms. The third-order valence-corrected chi connectivity index (χ3v) is 3.56. The van der Waals surface area contributed by atoms with Crippen LogP contribution < -0.4 is 5.73 Å². The smallest absolute Gasteiger partial charge is 0 e. The molecule has 0 aliphatic heterocycles. The number of unbranched alkanes of at least 4 members (excludes halogenated alkanes) is 13. The standard InChI is InChI=1S/C16H35N.H2/c1-2-3-4-5-6-7-8-9-10-11-12-13-14-15-16-17;/h2-17H2,1H3;1H. The van der Waals surface area contributed by atoms with Crippen LogP contribution in [0.3, 0.4) is 0 Å². The van der Waals surface area contributed by atoms with Crippen LogP contribution in [-0.2, 0) is 0 Å². The molecule has 0 aromatic carbocycles. The Bertz CT molecular complexity index is 114. The van der Waals surface area contributed by atoms with Gasteiger partial charge in [-0.15, -0.1) is 0 Å². The van der Waals surface area contributed by atoms with E-state index in [9.17, 15) is 0 Å². The van der Waals surface area contributed by atoms with Crippen LogP contribution >= 0.6 is 0 Å². The Balaban J connectivity index is 0. The van der Waals surface area contributed by atoms with E-state index in [0.717, 1.165) is 6.54 Å². The summed E-state index contributed by atoms with van der Waals surface area (Å²) < 4.78 is 0. The van der Waals surface area contributed by atoms with E-state index < -0.39 is 0 Å². The molecule has 0 aliphatic rings. The molecular formula is C16H37N. The second kappa shape index (κ2) is 16.0. The number of nitrogens with two attached hydrogens (primary N) is 1. The van der Waals surface area contributed by atoms with Crippen molar-refractivity contribution >= 4 is 0 Å². The largest absolute Gasteiger partial charge is 0.330 e. The van der Waals surface area contributed by atoms with E-state index in [2.05, 4.69) is 6.92 Å². The van der Waals surface area contributed by atoms with Crippen LogP contribution in [0.25, 0.3) is 0 Å². The zero-order valence-electron chi connectivity index (χ0n) is 12.2. The number of hydrogen-bond donors (Lipinski definition) is 1. The first-order valence-corrected chi connectivity index (χ1v) is 8.12. The summed E-state index contributed by atoms with van der Waals surface area (Å²) in [5, 5.41) is 0. The average Bonchev–Trinajstić information content (AvgIpc) is 2.35. The van der Waals surface area contributed by atoms with E-state index in [4.69, 9.17) is 5.73 Å². The molecule has 1 heteroatoms. The fourth-order valence-corrected chi connectivity index (χ4v) is 2.34. The van der Waals surface area contributed by atoms with Gasteiger partial charge in [-0.05, 0) is 13.0 Å². The first kappa shape index (κ1) is 17.0. The first-order valence-electron chi connectivity index (χ1n) is 8.12. The van der Waals surface area contributed by atoms with Gasteiger partial charge in [-0.3, -0.25) is 0 Å². The van der Waals surface area contributed by atoms with Gasteiger partial charge in [-0.2, -0.15) is 0 Å². The Morgan fingerprint density at radius 3 is 1.12 bits per heavy atom. The van der Waals surface area contributed by atoms with Gasteiger partial charge in [0.05, 0.1) is 0 Å². The maximum Gasteiger partial charge on any atom is 0 e. The molecule has 106 valence electrons. The second-order valence-corrected chi connectivity index (χ2v) is 5.38. The maximum atomic E-state index is 5.47. The Kier molecular flexibility index (Phi) is 15.9. The molecule has 0 fully saturated rings. The number of hydrogen-bond acceptors (Lipinski definition) is 1. The minimum absolute atomic E-state index is 0. The van der Waals surface area contributed by atoms with Crippen molar-refractivity contribution < 1.29 is 1.43 Å². The topological polar surface area (TPSA) is 26.0 Å². The number of rotatable bonds is 14. The van der Waals surface area contributed by atoms with Crippen LogP contribution in [0.5, 0.6) is 0 Å². The summed E-state index contributed by atoms with van der Waals surface area (Å²) in [6.07, 6.45) is 19.9. The van der Waals surface area contributed by atoms with E-state index in [-0.39, 0.29) is 1.43 Å². The average molecular weight is 243 g/mol. The Labute approximate surface area is 111 Å². The summed E-state index contributed by atoms with van der Waals surface area (Å²) in [4.78, 5) is 0. The lowest BCUT2D eigenvalue weighted by Gasteiger charge is -2.02. The highest BCUT2D eigenvalue weighted by molar-refractivity contribution is 4.49. The molecule has 0 rings (SSSR count). The van der Waals surface area contributed by atoms with Gasteiger partial charge in [0.2, 0.25) is 0 Å². The van der Waals surface area contributed by atoms with Gasteiger partial charge < -0.3 is 5.73 Å². The van der Waals surface area contributed by atoms with Crippen molar-refractivity contribution in [3.63, 3.8) is 0 Å². The third-order valence-electron chi connectivity index (χ3n) is 3.56. The van der Waals surface area contributed by atoms with Crippen molar-refractivity contribution in [3.05, 3.63) is 0 Å². The fourth-order valence-electron chi connectivity index (χ4n) is 2.34. The third kappa shape index (κ3) is 16.0. The van der Waals surface area contributed by atoms with Gasteiger partial charge in [-0.25, -0.2) is 0 Å². The van der Waals surface area contributed by atoms with Crippen molar-refractivity contribution in [2.24, 2.45) is 5.73 Å². The summed E-state index contributed by atoms with van der Waals surface area (Å²) in [7, 11) is 0. The van der Waals surface area contributed by atoms with Gasteiger partial charge in [0, 0.05) is 1.43 Å². The predicted octanol–water partition coefficient (Wildman–Crippen LogP) is 5.67. The van der Waals surface area contributed by atoms with Crippen LogP contribution in [0.1, 0.15) is 98.2 Å². The molecular weight excluding hydrogens is 206 g/mol. The first-order chi connectivity index (χ1) is 8.41. The highest BCUT2D eigenvalue weighted by Crippen LogP contribution is 2.12. The molecule has 0 aliphatic carbocycles. The van der Waals surface area contributed by atoms with Crippen molar-refractivity contribution in [1.29, 1.82) is 0 Å². The second-order valence-electron chi connectivity index (χ2n) is 5.38. The van der Waals surface area contributed by atoms with Crippen molar-refractivity contribution in [2.45, 2.75) is 96.8 Å². The molecule has 0 saturated heterocycles. The van der Waals surface area contributed by atoms with Gasteiger partial charge in [0.1, 0.15) is 0 Å². The van der Waals surface area contributed by atoms with Gasteiger partial charge >= 0.3 is 0 Å². The molecule has 0 amide bonds. The molecule has 2 N–H and O–H groups in total. The molecule has 0 bridgehead atoms. The van der Waals surface area contributed by atoms with E-state index >= 15 is 0 Å². The summed E-state index contributed by atoms with van der Waals surface area (Å²) in [6, 6.07) is 0. The lowest BCUT2D eigenvalue weighted by atomic mass is 10.0. The molecule has 0 heterocycles. The van der Waals surface area contributed by atoms with Crippen molar-refractivity contribution in [3.8, 4) is 0 Å². The van der Waals surface area contributed by atoms with Gasteiger partial charge in [0.15, 0.2) is 0 Å². The zero-order chi connectivity index (χ0) is 12.6. The minimum Gasteiger partial charge on any atom is -0.330 e. The molecule has 0 aromatic rings. The predicted molar refractivity (Wildman–Crippen MR) is 81.5 cm³/mol. The molecule has 0 saturated carbocycles. The van der Waals surface area contributed by atoms with E-state index in [0.29, 0.717) is 0 Å². The van der Waals surface area contributed by atoms with Crippen LogP contribution in [0.15, 0.2) is 0 Å². The van der Waals surface area contributed by atoms with E-state index in [1.165, 1.54) is 89.9 Å². The SMILES string of the molecule is CCCCCCCCCCCCCCCCN.[HH]. The molecule has 1 nitrogen and oxygen atoms in total. The zero-order valence-corrected chi connectivity index (χ0v) is 12.2. The van der Waals surface area contributed by atoms with Crippen LogP contribution in [0, 0.1) is 0 Å². The normalized spacial score (nSPS) is 10.9. The highest BCUT2D eigenvalue weighted by atomic mass is 14.5. The fraction of sp³-hybridized carbons (Fsp3) is 1.00. The monoisotopic (exact) mass is 243 g/mol. The van der Waals surface area contributed by atoms with E-state index in [1.54, 1.807) is 0 Å². The van der Waals surface area contributed by atoms with Crippen LogP contribution in [0.4, 0.5) is 0 Å². The quantitative estimate of drug-likeness (QED) is 0.391. The summed E-state index contributed by atoms with van der Waals surface area (Å²) >= 11 is 0. The summed E-state index contributed by atoms with van der Waals surface area (Å²) in [5.41, 5.74) is 5.47. The summed E-state index contributed by atoms with van der Waals surface area (Å²) in [6.45, 7) is 3.16. The van der Waals surface area contributed by atoms with Gasteiger partial charge in [-0.1, -0.05) is 90.4 Å². The highest BCUT2D eigenvalue weighted by Gasteiger charge is 1.93. The maximum absolute atomic E-state index is 5.47. The molecule has 0 aromatic heterocycles. The van der Waals surface area contributed by atoms with Gasteiger partial charge in [0.25, 0.3) is 0 Å². The molecule has 0 radical (unpaired) electrons. The summed E-state index contributed by atoms with van der Waals surface area (Å²) in [5.74, 6) is 0. The lowest BCUT2D eigenvalue weighted by Crippen LogP contribution is -1.97. The molecule has 0 atom stereocenters. The van der Waals surface area contributed by atoms with E-state index in [1.807, 2.05) is 0 Å². The minimum atomic E-state index is 0.